The molecule has 1 aromatic carbocycles. The van der Waals surface area contributed by atoms with E-state index < -0.39 is 0 Å². The lowest BCUT2D eigenvalue weighted by Crippen LogP contribution is -2.39. The van der Waals surface area contributed by atoms with E-state index in [1.165, 1.54) is 0 Å². The lowest BCUT2D eigenvalue weighted by atomic mass is 10.0. The van der Waals surface area contributed by atoms with Gasteiger partial charge in [0.1, 0.15) is 11.6 Å². The van der Waals surface area contributed by atoms with Crippen molar-refractivity contribution >= 4 is 17.6 Å². The van der Waals surface area contributed by atoms with Gasteiger partial charge >= 0.3 is 0 Å². The topological polar surface area (TPSA) is 75.6 Å². The molecule has 4 rings (SSSR count). The van der Waals surface area contributed by atoms with Crippen molar-refractivity contribution in [2.45, 2.75) is 58.5 Å². The summed E-state index contributed by atoms with van der Waals surface area (Å²) in [6.07, 6.45) is 3.69. The molecular weight excluding hydrogens is 380 g/mol. The Labute approximate surface area is 177 Å². The highest BCUT2D eigenvalue weighted by molar-refractivity contribution is 6.00. The van der Waals surface area contributed by atoms with Gasteiger partial charge in [-0.1, -0.05) is 19.1 Å². The molecule has 1 unspecified atom stereocenters. The predicted octanol–water partition coefficient (Wildman–Crippen LogP) is 3.35. The number of nitrogens with zero attached hydrogens (tertiary/aromatic N) is 4. The second-order valence-electron chi connectivity index (χ2n) is 7.93. The van der Waals surface area contributed by atoms with Crippen molar-refractivity contribution in [1.29, 1.82) is 0 Å². The number of amides is 2. The first kappa shape index (κ1) is 20.3. The third kappa shape index (κ3) is 3.76. The number of likely N-dealkylation sites (tertiary alicyclic amines) is 1. The van der Waals surface area contributed by atoms with E-state index in [2.05, 4.69) is 0 Å². The van der Waals surface area contributed by atoms with Gasteiger partial charge in [0.2, 0.25) is 11.8 Å². The van der Waals surface area contributed by atoms with Crippen LogP contribution in [-0.2, 0) is 22.6 Å². The van der Waals surface area contributed by atoms with Crippen molar-refractivity contribution in [3.05, 3.63) is 46.9 Å². The summed E-state index contributed by atoms with van der Waals surface area (Å²) in [5.41, 5.74) is 2.69. The Morgan fingerprint density at radius 1 is 1.27 bits per heavy atom. The monoisotopic (exact) mass is 408 g/mol. The number of aryl methyl sites for hydroxylation is 1. The lowest BCUT2D eigenvalue weighted by molar-refractivity contribution is -0.135. The van der Waals surface area contributed by atoms with Gasteiger partial charge in [-0.3, -0.25) is 14.5 Å². The second-order valence-corrected chi connectivity index (χ2v) is 7.93. The number of anilines is 1. The molecule has 1 fully saturated rings. The summed E-state index contributed by atoms with van der Waals surface area (Å²) < 4.78 is 5.31. The van der Waals surface area contributed by atoms with Crippen LogP contribution in [0, 0.1) is 6.92 Å². The van der Waals surface area contributed by atoms with Crippen molar-refractivity contribution in [3.8, 4) is 5.75 Å². The summed E-state index contributed by atoms with van der Waals surface area (Å²) in [4.78, 5) is 38.5. The van der Waals surface area contributed by atoms with E-state index in [1.807, 2.05) is 43.0 Å². The molecule has 0 N–H and O–H groups in total. The number of fused-ring (bicyclic) bond motifs is 1. The molecule has 0 bridgehead atoms. The quantitative estimate of drug-likeness (QED) is 0.758. The minimum atomic E-state index is -0.121. The number of rotatable bonds is 5. The molecule has 2 aliphatic rings. The zero-order valence-corrected chi connectivity index (χ0v) is 17.9. The normalized spacial score (nSPS) is 18.5. The van der Waals surface area contributed by atoms with Crippen LogP contribution >= 0.6 is 0 Å². The molecule has 158 valence electrons. The molecule has 2 aromatic rings. The van der Waals surface area contributed by atoms with Crippen LogP contribution in [0.2, 0.25) is 0 Å². The fourth-order valence-electron chi connectivity index (χ4n) is 4.36. The Hall–Kier alpha value is -2.96. The number of piperidine rings is 1. The van der Waals surface area contributed by atoms with Crippen LogP contribution in [0.1, 0.15) is 61.3 Å². The van der Waals surface area contributed by atoms with Gasteiger partial charge in [-0.2, -0.15) is 0 Å². The fourth-order valence-corrected chi connectivity index (χ4v) is 4.36. The molecule has 1 saturated heterocycles. The number of hydrogen-bond donors (Lipinski definition) is 0. The Morgan fingerprint density at radius 3 is 2.87 bits per heavy atom. The van der Waals surface area contributed by atoms with E-state index in [0.717, 1.165) is 48.4 Å². The Balaban J connectivity index is 1.68. The van der Waals surface area contributed by atoms with Gasteiger partial charge in [0.05, 0.1) is 26.1 Å². The largest absolute Gasteiger partial charge is 0.497 e. The number of benzene rings is 1. The van der Waals surface area contributed by atoms with Crippen LogP contribution in [0.15, 0.2) is 24.3 Å². The molecule has 1 atom stereocenters. The van der Waals surface area contributed by atoms with Crippen molar-refractivity contribution in [2.24, 2.45) is 0 Å². The average molecular weight is 409 g/mol. The highest BCUT2D eigenvalue weighted by Gasteiger charge is 2.35. The zero-order chi connectivity index (χ0) is 21.3. The van der Waals surface area contributed by atoms with Crippen LogP contribution in [0.5, 0.6) is 5.75 Å². The Bertz CT molecular complexity index is 975. The van der Waals surface area contributed by atoms with Crippen LogP contribution in [-0.4, -0.2) is 40.3 Å². The molecule has 0 radical (unpaired) electrons. The van der Waals surface area contributed by atoms with Crippen LogP contribution < -0.4 is 9.64 Å². The lowest BCUT2D eigenvalue weighted by Gasteiger charge is -2.35. The minimum absolute atomic E-state index is 0.0208. The van der Waals surface area contributed by atoms with Gasteiger partial charge in [0.15, 0.2) is 5.82 Å². The van der Waals surface area contributed by atoms with Crippen LogP contribution in [0.25, 0.3) is 0 Å². The van der Waals surface area contributed by atoms with E-state index in [9.17, 15) is 9.59 Å². The first-order chi connectivity index (χ1) is 14.5. The molecule has 30 heavy (non-hydrogen) atoms. The zero-order valence-electron chi connectivity index (χ0n) is 17.9. The average Bonchev–Trinajstić information content (AvgIpc) is 3.09. The molecule has 2 aliphatic heterocycles. The summed E-state index contributed by atoms with van der Waals surface area (Å²) in [6.45, 7) is 4.99. The molecule has 0 aliphatic carbocycles. The van der Waals surface area contributed by atoms with Gasteiger partial charge < -0.3 is 9.64 Å². The van der Waals surface area contributed by atoms with Gasteiger partial charge in [0.25, 0.3) is 0 Å². The maximum absolute atomic E-state index is 12.8. The smallest absolute Gasteiger partial charge is 0.233 e. The summed E-state index contributed by atoms with van der Waals surface area (Å²) >= 11 is 0. The number of methoxy groups -OCH3 is 1. The van der Waals surface area contributed by atoms with Crippen molar-refractivity contribution in [2.75, 3.05) is 18.6 Å². The molecule has 7 nitrogen and oxygen atoms in total. The molecule has 0 spiro atoms. The van der Waals surface area contributed by atoms with Gasteiger partial charge in [0, 0.05) is 24.2 Å². The molecule has 3 heterocycles. The Kier molecular flexibility index (Phi) is 5.70. The summed E-state index contributed by atoms with van der Waals surface area (Å²) in [5.74, 6) is 2.24. The van der Waals surface area contributed by atoms with Crippen molar-refractivity contribution in [3.63, 3.8) is 0 Å². The number of carbonyl (C=O) groups is 2. The summed E-state index contributed by atoms with van der Waals surface area (Å²) in [5, 5.41) is 0. The third-order valence-corrected chi connectivity index (χ3v) is 5.99. The maximum atomic E-state index is 12.8. The first-order valence-corrected chi connectivity index (χ1v) is 10.6. The summed E-state index contributed by atoms with van der Waals surface area (Å²) in [7, 11) is 1.63. The standard InChI is InChI=1S/C23H28N4O3/c1-4-20(28)26-11-6-5-10-19(26)22-24-15(2)18-13-21(29)27(23(18)25-22)14-16-8-7-9-17(12-16)30-3/h7-9,12,19H,4-6,10-11,13-14H2,1-3H3. The fraction of sp³-hybridized carbons (Fsp3) is 0.478. The Morgan fingerprint density at radius 2 is 2.10 bits per heavy atom. The maximum Gasteiger partial charge on any atom is 0.233 e. The second kappa shape index (κ2) is 8.42. The molecule has 7 heteroatoms. The number of aromatic nitrogens is 2. The minimum Gasteiger partial charge on any atom is -0.497 e. The van der Waals surface area contributed by atoms with Gasteiger partial charge in [-0.05, 0) is 43.9 Å². The van der Waals surface area contributed by atoms with Crippen LogP contribution in [0.3, 0.4) is 0 Å². The first-order valence-electron chi connectivity index (χ1n) is 10.6. The van der Waals surface area contributed by atoms with Crippen molar-refractivity contribution in [1.82, 2.24) is 14.9 Å². The predicted molar refractivity (Wildman–Crippen MR) is 113 cm³/mol. The van der Waals surface area contributed by atoms with Crippen LogP contribution in [0.4, 0.5) is 5.82 Å². The van der Waals surface area contributed by atoms with E-state index in [0.29, 0.717) is 31.0 Å². The van der Waals surface area contributed by atoms with E-state index >= 15 is 0 Å². The molecule has 1 aromatic heterocycles. The van der Waals surface area contributed by atoms with E-state index in [4.69, 9.17) is 14.7 Å². The molecule has 2 amide bonds. The highest BCUT2D eigenvalue weighted by atomic mass is 16.5. The highest BCUT2D eigenvalue weighted by Crippen LogP contribution is 2.35. The van der Waals surface area contributed by atoms with Gasteiger partial charge in [-0.25, -0.2) is 9.97 Å². The molecule has 0 saturated carbocycles. The molecular formula is C23H28N4O3. The van der Waals surface area contributed by atoms with E-state index in [1.54, 1.807) is 12.0 Å². The SMILES string of the molecule is CCC(=O)N1CCCCC1c1nc(C)c2c(n1)N(Cc1cccc(OC)c1)C(=O)C2. The van der Waals surface area contributed by atoms with Crippen molar-refractivity contribution < 1.29 is 14.3 Å². The van der Waals surface area contributed by atoms with E-state index in [-0.39, 0.29) is 17.9 Å². The summed E-state index contributed by atoms with van der Waals surface area (Å²) in [6, 6.07) is 7.59. The number of hydrogen-bond acceptors (Lipinski definition) is 5. The number of ether oxygens (including phenoxy) is 1. The van der Waals surface area contributed by atoms with Gasteiger partial charge in [-0.15, -0.1) is 0 Å². The number of carbonyl (C=O) groups excluding carboxylic acids is 2. The third-order valence-electron chi connectivity index (χ3n) is 5.99.